The minimum Gasteiger partial charge on any atom is -0.545 e. The third-order valence-electron chi connectivity index (χ3n) is 3.22. The van der Waals surface area contributed by atoms with Gasteiger partial charge in [-0.15, -0.1) is 0 Å². The standard InChI is InChI=1S/C14H11N3O4S2/c1-8-2-7-11-12(16-22-15-11)13(8)23(20,21)17-10-5-3-9(4-6-10)14(18)19/h2-7,17H,1H3,(H,18,19)/p-1. The molecule has 0 spiro atoms. The molecule has 1 aromatic heterocycles. The summed E-state index contributed by atoms with van der Waals surface area (Å²) in [4.78, 5) is 10.8. The average molecular weight is 348 g/mol. The first-order valence-electron chi connectivity index (χ1n) is 6.44. The monoisotopic (exact) mass is 348 g/mol. The van der Waals surface area contributed by atoms with Crippen molar-refractivity contribution in [1.82, 2.24) is 8.75 Å². The van der Waals surface area contributed by atoms with Crippen molar-refractivity contribution in [2.45, 2.75) is 11.8 Å². The van der Waals surface area contributed by atoms with Crippen molar-refractivity contribution in [2.75, 3.05) is 4.72 Å². The highest BCUT2D eigenvalue weighted by Crippen LogP contribution is 2.27. The Kier molecular flexibility index (Phi) is 3.74. The quantitative estimate of drug-likeness (QED) is 0.757. The van der Waals surface area contributed by atoms with E-state index in [0.717, 1.165) is 11.7 Å². The highest BCUT2D eigenvalue weighted by atomic mass is 32.2. The van der Waals surface area contributed by atoms with Crippen LogP contribution in [0.1, 0.15) is 15.9 Å². The van der Waals surface area contributed by atoms with E-state index in [-0.39, 0.29) is 16.1 Å². The summed E-state index contributed by atoms with van der Waals surface area (Å²) in [5.41, 5.74) is 1.58. The number of benzene rings is 2. The van der Waals surface area contributed by atoms with E-state index in [4.69, 9.17) is 0 Å². The summed E-state index contributed by atoms with van der Waals surface area (Å²) in [5, 5.41) is 10.7. The highest BCUT2D eigenvalue weighted by molar-refractivity contribution is 7.93. The molecule has 0 aliphatic rings. The molecule has 0 unspecified atom stereocenters. The number of carboxylic acids is 1. The lowest BCUT2D eigenvalue weighted by atomic mass is 10.2. The summed E-state index contributed by atoms with van der Waals surface area (Å²) in [6.07, 6.45) is 0. The number of carbonyl (C=O) groups excluding carboxylic acids is 1. The maximum Gasteiger partial charge on any atom is 0.264 e. The molecule has 3 aromatic rings. The largest absolute Gasteiger partial charge is 0.545 e. The van der Waals surface area contributed by atoms with E-state index in [1.54, 1.807) is 19.1 Å². The van der Waals surface area contributed by atoms with Crippen molar-refractivity contribution in [3.05, 3.63) is 47.5 Å². The molecule has 0 aliphatic carbocycles. The van der Waals surface area contributed by atoms with E-state index < -0.39 is 16.0 Å². The lowest BCUT2D eigenvalue weighted by Gasteiger charge is -2.11. The normalized spacial score (nSPS) is 11.5. The molecule has 1 N–H and O–H groups in total. The maximum atomic E-state index is 12.7. The summed E-state index contributed by atoms with van der Waals surface area (Å²) < 4.78 is 35.8. The zero-order chi connectivity index (χ0) is 16.6. The Labute approximate surface area is 136 Å². The summed E-state index contributed by atoms with van der Waals surface area (Å²) in [6, 6.07) is 8.63. The molecular formula is C14H10N3O4S2-. The Morgan fingerprint density at radius 2 is 1.83 bits per heavy atom. The fourth-order valence-corrected chi connectivity index (χ4v) is 4.19. The summed E-state index contributed by atoms with van der Waals surface area (Å²) >= 11 is 0.939. The molecular weight excluding hydrogens is 338 g/mol. The number of hydrogen-bond acceptors (Lipinski definition) is 7. The number of nitrogens with zero attached hydrogens (tertiary/aromatic N) is 2. The Morgan fingerprint density at radius 3 is 2.48 bits per heavy atom. The van der Waals surface area contributed by atoms with Crippen molar-refractivity contribution in [3.63, 3.8) is 0 Å². The van der Waals surface area contributed by atoms with Gasteiger partial charge in [-0.05, 0) is 36.2 Å². The topological polar surface area (TPSA) is 112 Å². The van der Waals surface area contributed by atoms with Crippen LogP contribution in [0.4, 0.5) is 5.69 Å². The molecule has 0 atom stereocenters. The van der Waals surface area contributed by atoms with Crippen LogP contribution in [-0.2, 0) is 10.0 Å². The lowest BCUT2D eigenvalue weighted by Crippen LogP contribution is -2.22. The fourth-order valence-electron chi connectivity index (χ4n) is 2.15. The average Bonchev–Trinajstić information content (AvgIpc) is 2.94. The van der Waals surface area contributed by atoms with Gasteiger partial charge in [0.15, 0.2) is 0 Å². The van der Waals surface area contributed by atoms with Crippen LogP contribution in [-0.4, -0.2) is 23.1 Å². The van der Waals surface area contributed by atoms with E-state index in [9.17, 15) is 18.3 Å². The molecule has 0 saturated carbocycles. The maximum absolute atomic E-state index is 12.7. The van der Waals surface area contributed by atoms with Gasteiger partial charge >= 0.3 is 0 Å². The lowest BCUT2D eigenvalue weighted by molar-refractivity contribution is -0.255. The van der Waals surface area contributed by atoms with E-state index in [2.05, 4.69) is 13.5 Å². The van der Waals surface area contributed by atoms with E-state index in [1.807, 2.05) is 0 Å². The molecule has 0 radical (unpaired) electrons. The Morgan fingerprint density at radius 1 is 1.13 bits per heavy atom. The van der Waals surface area contributed by atoms with Crippen molar-refractivity contribution in [2.24, 2.45) is 0 Å². The van der Waals surface area contributed by atoms with Crippen LogP contribution in [0.3, 0.4) is 0 Å². The van der Waals surface area contributed by atoms with Crippen LogP contribution in [0.25, 0.3) is 11.0 Å². The van der Waals surface area contributed by atoms with Crippen LogP contribution >= 0.6 is 11.7 Å². The molecule has 23 heavy (non-hydrogen) atoms. The number of carboxylic acid groups (broad SMARTS) is 1. The number of aromatic carboxylic acids is 1. The van der Waals surface area contributed by atoms with E-state index >= 15 is 0 Å². The second-order valence-corrected chi connectivity index (χ2v) is 6.96. The van der Waals surface area contributed by atoms with Gasteiger partial charge < -0.3 is 9.90 Å². The fraction of sp³-hybridized carbons (Fsp3) is 0.0714. The molecule has 1 heterocycles. The minimum atomic E-state index is -3.88. The highest BCUT2D eigenvalue weighted by Gasteiger charge is 2.22. The second kappa shape index (κ2) is 5.60. The molecule has 9 heteroatoms. The van der Waals surface area contributed by atoms with Crippen LogP contribution < -0.4 is 9.83 Å². The predicted octanol–water partition coefficient (Wildman–Crippen LogP) is 1.16. The van der Waals surface area contributed by atoms with Gasteiger partial charge in [-0.25, -0.2) is 8.42 Å². The van der Waals surface area contributed by atoms with Gasteiger partial charge in [0.1, 0.15) is 15.9 Å². The molecule has 118 valence electrons. The number of hydrogen-bond donors (Lipinski definition) is 1. The molecule has 0 saturated heterocycles. The first-order valence-corrected chi connectivity index (χ1v) is 8.66. The third kappa shape index (κ3) is 2.88. The van der Waals surface area contributed by atoms with E-state index in [0.29, 0.717) is 16.6 Å². The van der Waals surface area contributed by atoms with Crippen molar-refractivity contribution in [3.8, 4) is 0 Å². The smallest absolute Gasteiger partial charge is 0.264 e. The minimum absolute atomic E-state index is 0.0325. The van der Waals surface area contributed by atoms with Gasteiger partial charge in [0.05, 0.1) is 17.7 Å². The summed E-state index contributed by atoms with van der Waals surface area (Å²) in [7, 11) is -3.88. The van der Waals surface area contributed by atoms with Gasteiger partial charge in [-0.3, -0.25) is 4.72 Å². The predicted molar refractivity (Wildman–Crippen MR) is 83.7 cm³/mol. The Hall–Kier alpha value is -2.52. The second-order valence-electron chi connectivity index (χ2n) is 4.81. The number of fused-ring (bicyclic) bond motifs is 1. The molecule has 0 amide bonds. The number of nitrogens with one attached hydrogen (secondary N) is 1. The van der Waals surface area contributed by atoms with Gasteiger partial charge in [-0.2, -0.15) is 8.75 Å². The number of carbonyl (C=O) groups is 1. The number of aryl methyl sites for hydroxylation is 1. The first kappa shape index (κ1) is 15.4. The molecule has 7 nitrogen and oxygen atoms in total. The number of sulfonamides is 1. The molecule has 0 aliphatic heterocycles. The van der Waals surface area contributed by atoms with Crippen molar-refractivity contribution < 1.29 is 18.3 Å². The SMILES string of the molecule is Cc1ccc2nsnc2c1S(=O)(=O)Nc1ccc(C(=O)[O-])cc1. The molecule has 2 aromatic carbocycles. The first-order chi connectivity index (χ1) is 10.9. The summed E-state index contributed by atoms with van der Waals surface area (Å²) in [6.45, 7) is 1.67. The third-order valence-corrected chi connectivity index (χ3v) is 5.32. The number of aromatic nitrogens is 2. The van der Waals surface area contributed by atoms with Gasteiger partial charge in [-0.1, -0.05) is 18.2 Å². The van der Waals surface area contributed by atoms with Crippen LogP contribution in [0.2, 0.25) is 0 Å². The van der Waals surface area contributed by atoms with Crippen molar-refractivity contribution >= 4 is 44.4 Å². The molecule has 0 bridgehead atoms. The zero-order valence-corrected chi connectivity index (χ0v) is 13.4. The number of rotatable bonds is 4. The molecule has 3 rings (SSSR count). The van der Waals surface area contributed by atoms with Crippen LogP contribution in [0.15, 0.2) is 41.3 Å². The number of anilines is 1. The van der Waals surface area contributed by atoms with Crippen molar-refractivity contribution in [1.29, 1.82) is 0 Å². The Bertz CT molecular complexity index is 995. The van der Waals surface area contributed by atoms with Crippen LogP contribution in [0.5, 0.6) is 0 Å². The Balaban J connectivity index is 2.02. The van der Waals surface area contributed by atoms with Gasteiger partial charge in [0, 0.05) is 5.69 Å². The van der Waals surface area contributed by atoms with E-state index in [1.165, 1.54) is 24.3 Å². The summed E-state index contributed by atoms with van der Waals surface area (Å²) in [5.74, 6) is -1.33. The molecule has 0 fully saturated rings. The zero-order valence-electron chi connectivity index (χ0n) is 11.8. The van der Waals surface area contributed by atoms with Gasteiger partial charge in [0.2, 0.25) is 0 Å². The van der Waals surface area contributed by atoms with Crippen LogP contribution in [0, 0.1) is 6.92 Å². The van der Waals surface area contributed by atoms with Gasteiger partial charge in [0.25, 0.3) is 10.0 Å².